The van der Waals surface area contributed by atoms with Gasteiger partial charge in [-0.15, -0.1) is 0 Å². The molecule has 0 aromatic rings. The molecule has 12 nitrogen and oxygen atoms in total. The second-order valence-corrected chi connectivity index (χ2v) is 9.16. The maximum atomic E-state index is 13.4. The van der Waals surface area contributed by atoms with E-state index in [-0.39, 0.29) is 30.6 Å². The van der Waals surface area contributed by atoms with Crippen LogP contribution in [0.3, 0.4) is 0 Å². The molecule has 0 aromatic heterocycles. The zero-order valence-corrected chi connectivity index (χ0v) is 21.4. The Morgan fingerprint density at radius 3 is 2.31 bits per heavy atom. The number of nitrogens with zero attached hydrogens (tertiary/aromatic N) is 2. The molecule has 1 rings (SSSR count). The fourth-order valence-electron chi connectivity index (χ4n) is 4.39. The molecular formula is C24H42N6O6. The third-order valence-electron chi connectivity index (χ3n) is 6.20. The van der Waals surface area contributed by atoms with Gasteiger partial charge in [0, 0.05) is 25.4 Å². The third-order valence-corrected chi connectivity index (χ3v) is 6.20. The molecule has 7 N–H and O–H groups in total. The summed E-state index contributed by atoms with van der Waals surface area (Å²) in [6, 6.07) is -2.60. The van der Waals surface area contributed by atoms with Gasteiger partial charge in [0.2, 0.25) is 17.7 Å². The normalized spacial score (nSPS) is 16.8. The lowest BCUT2D eigenvalue weighted by Gasteiger charge is -2.30. The van der Waals surface area contributed by atoms with Crippen LogP contribution < -0.4 is 22.1 Å². The zero-order chi connectivity index (χ0) is 27.1. The van der Waals surface area contributed by atoms with Crippen LogP contribution in [-0.2, 0) is 24.0 Å². The van der Waals surface area contributed by atoms with E-state index < -0.39 is 35.9 Å². The summed E-state index contributed by atoms with van der Waals surface area (Å²) in [5.41, 5.74) is 10.6. The van der Waals surface area contributed by atoms with E-state index in [1.807, 2.05) is 13.8 Å². The Hall–Kier alpha value is -3.18. The Morgan fingerprint density at radius 1 is 1.08 bits per heavy atom. The van der Waals surface area contributed by atoms with Crippen molar-refractivity contribution in [1.82, 2.24) is 15.5 Å². The highest BCUT2D eigenvalue weighted by molar-refractivity contribution is 5.93. The molecular weight excluding hydrogens is 468 g/mol. The van der Waals surface area contributed by atoms with Crippen LogP contribution in [0.15, 0.2) is 4.99 Å². The fraction of sp³-hybridized carbons (Fsp3) is 0.750. The molecule has 0 spiro atoms. The lowest BCUT2D eigenvalue weighted by Crippen LogP contribution is -2.55. The van der Waals surface area contributed by atoms with Gasteiger partial charge in [-0.05, 0) is 44.9 Å². The summed E-state index contributed by atoms with van der Waals surface area (Å²) >= 11 is 0. The highest BCUT2D eigenvalue weighted by Gasteiger charge is 2.38. The van der Waals surface area contributed by atoms with E-state index in [9.17, 15) is 24.0 Å². The van der Waals surface area contributed by atoms with Crippen LogP contribution >= 0.6 is 0 Å². The van der Waals surface area contributed by atoms with Crippen LogP contribution in [0.1, 0.15) is 78.1 Å². The van der Waals surface area contributed by atoms with Gasteiger partial charge < -0.3 is 36.9 Å². The number of hydrogen-bond donors (Lipinski definition) is 5. The highest BCUT2D eigenvalue weighted by atomic mass is 16.4. The summed E-state index contributed by atoms with van der Waals surface area (Å²) in [4.78, 5) is 67.1. The molecule has 0 bridgehead atoms. The largest absolute Gasteiger partial charge is 0.481 e. The molecule has 1 aliphatic heterocycles. The van der Waals surface area contributed by atoms with Gasteiger partial charge in [0.25, 0.3) is 0 Å². The lowest BCUT2D eigenvalue weighted by atomic mass is 9.96. The monoisotopic (exact) mass is 510 g/mol. The summed E-state index contributed by atoms with van der Waals surface area (Å²) in [5, 5.41) is 14.6. The van der Waals surface area contributed by atoms with Crippen molar-refractivity contribution < 1.29 is 29.1 Å². The number of rotatable bonds is 17. The summed E-state index contributed by atoms with van der Waals surface area (Å²) in [6.45, 7) is 4.58. The van der Waals surface area contributed by atoms with E-state index in [2.05, 4.69) is 15.6 Å². The second-order valence-electron chi connectivity index (χ2n) is 9.16. The minimum absolute atomic E-state index is 0.0537. The van der Waals surface area contributed by atoms with Crippen LogP contribution in [0.25, 0.3) is 0 Å². The summed E-state index contributed by atoms with van der Waals surface area (Å²) in [5.74, 6) is -2.61. The molecule has 1 heterocycles. The molecule has 0 saturated carbocycles. The number of carboxylic acid groups (broad SMARTS) is 1. The molecule has 1 saturated heterocycles. The van der Waals surface area contributed by atoms with Crippen LogP contribution in [0.2, 0.25) is 0 Å². The zero-order valence-electron chi connectivity index (χ0n) is 21.4. The first kappa shape index (κ1) is 30.9. The number of amides is 3. The Labute approximate surface area is 212 Å². The maximum absolute atomic E-state index is 13.4. The smallest absolute Gasteiger partial charge is 0.303 e. The molecule has 0 aliphatic carbocycles. The minimum atomic E-state index is -1.08. The van der Waals surface area contributed by atoms with Crippen LogP contribution in [0, 0.1) is 5.92 Å². The molecule has 12 heteroatoms. The Balaban J connectivity index is 2.90. The highest BCUT2D eigenvalue weighted by Crippen LogP contribution is 2.21. The quantitative estimate of drug-likeness (QED) is 0.0795. The van der Waals surface area contributed by atoms with Crippen molar-refractivity contribution >= 4 is 35.9 Å². The molecule has 1 fully saturated rings. The summed E-state index contributed by atoms with van der Waals surface area (Å²) in [7, 11) is 0. The van der Waals surface area contributed by atoms with Crippen molar-refractivity contribution in [1.29, 1.82) is 0 Å². The van der Waals surface area contributed by atoms with Crippen LogP contribution in [0.4, 0.5) is 0 Å². The molecule has 36 heavy (non-hydrogen) atoms. The molecule has 0 aromatic carbocycles. The van der Waals surface area contributed by atoms with Crippen LogP contribution in [-0.4, -0.2) is 77.2 Å². The van der Waals surface area contributed by atoms with Gasteiger partial charge in [-0.3, -0.25) is 24.2 Å². The van der Waals surface area contributed by atoms with Gasteiger partial charge in [-0.1, -0.05) is 26.7 Å². The first-order chi connectivity index (χ1) is 17.1. The average molecular weight is 511 g/mol. The number of nitrogens with one attached hydrogen (secondary N) is 2. The Morgan fingerprint density at radius 2 is 1.75 bits per heavy atom. The molecule has 3 amide bonds. The first-order valence-corrected chi connectivity index (χ1v) is 12.8. The van der Waals surface area contributed by atoms with Crippen molar-refractivity contribution in [3.8, 4) is 0 Å². The van der Waals surface area contributed by atoms with Gasteiger partial charge in [0.15, 0.2) is 5.96 Å². The van der Waals surface area contributed by atoms with Gasteiger partial charge in [0.1, 0.15) is 18.4 Å². The number of aldehydes is 1. The molecule has 204 valence electrons. The topological polar surface area (TPSA) is 197 Å². The van der Waals surface area contributed by atoms with Crippen molar-refractivity contribution in [2.75, 3.05) is 13.1 Å². The van der Waals surface area contributed by atoms with E-state index in [0.717, 1.165) is 12.8 Å². The van der Waals surface area contributed by atoms with Gasteiger partial charge in [-0.25, -0.2) is 0 Å². The molecule has 3 unspecified atom stereocenters. The predicted octanol–water partition coefficient (Wildman–Crippen LogP) is 0.281. The number of aliphatic imine (C=N–C) groups is 1. The number of guanidine groups is 1. The lowest BCUT2D eigenvalue weighted by molar-refractivity contribution is -0.143. The van der Waals surface area contributed by atoms with Gasteiger partial charge in [0.05, 0.1) is 6.04 Å². The second kappa shape index (κ2) is 16.5. The van der Waals surface area contributed by atoms with E-state index in [1.165, 1.54) is 4.90 Å². The fourth-order valence-corrected chi connectivity index (χ4v) is 4.39. The number of aliphatic carboxylic acids is 1. The van der Waals surface area contributed by atoms with Crippen molar-refractivity contribution in [2.45, 2.75) is 96.2 Å². The molecule has 0 radical (unpaired) electrons. The molecule has 1 aliphatic rings. The average Bonchev–Trinajstić information content (AvgIpc) is 3.32. The van der Waals surface area contributed by atoms with Crippen molar-refractivity contribution in [2.24, 2.45) is 22.4 Å². The number of carbonyl (C=O) groups excluding carboxylic acids is 4. The number of nitrogens with two attached hydrogens (primary N) is 2. The SMILES string of the molecule is CCCC(CCC)C(=O)NC(CCC(=O)O)C(=O)N1CCCC1C(=O)NC(C=O)CCCN=C(N)N. The van der Waals surface area contributed by atoms with Crippen molar-refractivity contribution in [3.05, 3.63) is 0 Å². The van der Waals surface area contributed by atoms with Gasteiger partial charge >= 0.3 is 5.97 Å². The Bertz CT molecular complexity index is 779. The van der Waals surface area contributed by atoms with E-state index >= 15 is 0 Å². The number of hydrogen-bond acceptors (Lipinski definition) is 6. The maximum Gasteiger partial charge on any atom is 0.303 e. The van der Waals surface area contributed by atoms with E-state index in [0.29, 0.717) is 57.9 Å². The van der Waals surface area contributed by atoms with Crippen molar-refractivity contribution in [3.63, 3.8) is 0 Å². The summed E-state index contributed by atoms with van der Waals surface area (Å²) < 4.78 is 0. The molecule has 3 atom stereocenters. The minimum Gasteiger partial charge on any atom is -0.481 e. The van der Waals surface area contributed by atoms with E-state index in [4.69, 9.17) is 16.6 Å². The van der Waals surface area contributed by atoms with Crippen LogP contribution in [0.5, 0.6) is 0 Å². The summed E-state index contributed by atoms with van der Waals surface area (Å²) in [6.07, 6.45) is 5.03. The van der Waals surface area contributed by atoms with E-state index in [1.54, 1.807) is 0 Å². The first-order valence-electron chi connectivity index (χ1n) is 12.8. The standard InChI is InChI=1S/C24H42N6O6/c1-3-7-16(8-4-2)21(34)29-18(11-12-20(32)33)23(36)30-14-6-10-19(30)22(35)28-17(15-31)9-5-13-27-24(25)26/h15-19H,3-14H2,1-2H3,(H,28,35)(H,29,34)(H,32,33)(H4,25,26,27). The number of likely N-dealkylation sites (tertiary alicyclic amines) is 1. The number of carbonyl (C=O) groups is 5. The van der Waals surface area contributed by atoms with Gasteiger partial charge in [-0.2, -0.15) is 0 Å². The predicted molar refractivity (Wildman–Crippen MR) is 135 cm³/mol. The number of carboxylic acids is 1. The third kappa shape index (κ3) is 10.6. The Kier molecular flexibility index (Phi) is 14.1.